The molecule has 1 aliphatic heterocycles. The number of anilines is 1. The smallest absolute Gasteiger partial charge is 0.170 e. The summed E-state index contributed by atoms with van der Waals surface area (Å²) in [6.45, 7) is 0.321. The summed E-state index contributed by atoms with van der Waals surface area (Å²) in [5.74, 6) is -0.305. The molecule has 13 heavy (non-hydrogen) atoms. The number of nitrogen functional groups attached to an aromatic ring is 1. The number of ketones is 1. The van der Waals surface area contributed by atoms with Gasteiger partial charge < -0.3 is 10.5 Å². The van der Waals surface area contributed by atoms with Gasteiger partial charge in [-0.25, -0.2) is 4.39 Å². The van der Waals surface area contributed by atoms with Crippen molar-refractivity contribution in [3.8, 4) is 5.75 Å². The molecule has 0 aliphatic carbocycles. The van der Waals surface area contributed by atoms with Crippen LogP contribution in [0.25, 0.3) is 0 Å². The third kappa shape index (κ3) is 1.24. The molecule has 1 heterocycles. The van der Waals surface area contributed by atoms with Crippen LogP contribution in [0.5, 0.6) is 5.75 Å². The third-order valence-corrected chi connectivity index (χ3v) is 1.96. The zero-order chi connectivity index (χ0) is 9.42. The van der Waals surface area contributed by atoms with Crippen molar-refractivity contribution in [2.45, 2.75) is 6.42 Å². The van der Waals surface area contributed by atoms with Crippen LogP contribution in [-0.4, -0.2) is 12.4 Å². The molecular formula is C9H8FNO2. The Morgan fingerprint density at radius 1 is 1.46 bits per heavy atom. The highest BCUT2D eigenvalue weighted by Crippen LogP contribution is 2.31. The second-order valence-corrected chi connectivity index (χ2v) is 2.89. The maximum atomic E-state index is 12.8. The molecule has 2 N–H and O–H groups in total. The van der Waals surface area contributed by atoms with Gasteiger partial charge in [0.1, 0.15) is 5.82 Å². The average Bonchev–Trinajstić information content (AvgIpc) is 2.07. The number of carbonyl (C=O) groups is 1. The molecule has 0 unspecified atom stereocenters. The lowest BCUT2D eigenvalue weighted by atomic mass is 10.0. The van der Waals surface area contributed by atoms with Crippen molar-refractivity contribution in [1.29, 1.82) is 0 Å². The number of carbonyl (C=O) groups excluding carboxylic acids is 1. The zero-order valence-electron chi connectivity index (χ0n) is 6.84. The number of hydrogen-bond acceptors (Lipinski definition) is 3. The van der Waals surface area contributed by atoms with E-state index in [-0.39, 0.29) is 23.5 Å². The van der Waals surface area contributed by atoms with Crippen LogP contribution in [-0.2, 0) is 0 Å². The molecule has 0 amide bonds. The Labute approximate surface area is 74.3 Å². The maximum Gasteiger partial charge on any atom is 0.170 e. The molecule has 4 heteroatoms. The second-order valence-electron chi connectivity index (χ2n) is 2.89. The van der Waals surface area contributed by atoms with Crippen LogP contribution in [0, 0.1) is 5.82 Å². The SMILES string of the molecule is Nc1cc(F)cc2c1OCCC2=O. The quantitative estimate of drug-likeness (QED) is 0.615. The minimum absolute atomic E-state index is 0.118. The molecule has 0 saturated carbocycles. The van der Waals surface area contributed by atoms with E-state index in [0.717, 1.165) is 12.1 Å². The number of rotatable bonds is 0. The van der Waals surface area contributed by atoms with Gasteiger partial charge in [0.25, 0.3) is 0 Å². The Bertz CT molecular complexity index is 376. The van der Waals surface area contributed by atoms with Crippen molar-refractivity contribution in [3.05, 3.63) is 23.5 Å². The molecule has 0 fully saturated rings. The fraction of sp³-hybridized carbons (Fsp3) is 0.222. The second kappa shape index (κ2) is 2.73. The summed E-state index contributed by atoms with van der Waals surface area (Å²) in [5.41, 5.74) is 5.92. The van der Waals surface area contributed by atoms with Gasteiger partial charge in [-0.05, 0) is 6.07 Å². The molecule has 1 aromatic carbocycles. The van der Waals surface area contributed by atoms with E-state index in [4.69, 9.17) is 10.5 Å². The van der Waals surface area contributed by atoms with Crippen LogP contribution in [0.2, 0.25) is 0 Å². The highest BCUT2D eigenvalue weighted by molar-refractivity contribution is 6.01. The molecule has 2 rings (SSSR count). The molecule has 0 aromatic heterocycles. The number of hydrogen-bond donors (Lipinski definition) is 1. The summed E-state index contributed by atoms with van der Waals surface area (Å²) in [6.07, 6.45) is 0.288. The summed E-state index contributed by atoms with van der Waals surface area (Å²) in [4.78, 5) is 11.3. The van der Waals surface area contributed by atoms with Crippen molar-refractivity contribution in [2.75, 3.05) is 12.3 Å². The van der Waals surface area contributed by atoms with Crippen molar-refractivity contribution < 1.29 is 13.9 Å². The van der Waals surface area contributed by atoms with Gasteiger partial charge in [0, 0.05) is 12.5 Å². The molecule has 0 saturated heterocycles. The first-order valence-electron chi connectivity index (χ1n) is 3.93. The van der Waals surface area contributed by atoms with Gasteiger partial charge in [0.05, 0.1) is 17.9 Å². The van der Waals surface area contributed by atoms with Crippen LogP contribution < -0.4 is 10.5 Å². The molecule has 3 nitrogen and oxygen atoms in total. The highest BCUT2D eigenvalue weighted by Gasteiger charge is 2.21. The predicted molar refractivity (Wildman–Crippen MR) is 45.3 cm³/mol. The van der Waals surface area contributed by atoms with Gasteiger partial charge in [-0.1, -0.05) is 0 Å². The van der Waals surface area contributed by atoms with Gasteiger partial charge in [-0.15, -0.1) is 0 Å². The Kier molecular flexibility index (Phi) is 1.69. The molecule has 1 aromatic rings. The van der Waals surface area contributed by atoms with Crippen LogP contribution in [0.3, 0.4) is 0 Å². The molecule has 0 spiro atoms. The molecular weight excluding hydrogens is 173 g/mol. The largest absolute Gasteiger partial charge is 0.490 e. The Morgan fingerprint density at radius 2 is 2.23 bits per heavy atom. The van der Waals surface area contributed by atoms with Crippen LogP contribution >= 0.6 is 0 Å². The van der Waals surface area contributed by atoms with E-state index >= 15 is 0 Å². The van der Waals surface area contributed by atoms with Gasteiger partial charge >= 0.3 is 0 Å². The number of halogens is 1. The standard InChI is InChI=1S/C9H8FNO2/c10-5-3-6-8(12)1-2-13-9(6)7(11)4-5/h3-4H,1-2,11H2. The third-order valence-electron chi connectivity index (χ3n) is 1.96. The van der Waals surface area contributed by atoms with Crippen molar-refractivity contribution in [1.82, 2.24) is 0 Å². The number of Topliss-reactive ketones (excluding diaryl/α,β-unsaturated/α-hetero) is 1. The van der Waals surface area contributed by atoms with Gasteiger partial charge in [-0.2, -0.15) is 0 Å². The van der Waals surface area contributed by atoms with Gasteiger partial charge in [0.2, 0.25) is 0 Å². The van der Waals surface area contributed by atoms with E-state index in [1.807, 2.05) is 0 Å². The van der Waals surface area contributed by atoms with Crippen LogP contribution in [0.1, 0.15) is 16.8 Å². The van der Waals surface area contributed by atoms with Crippen molar-refractivity contribution in [2.24, 2.45) is 0 Å². The summed E-state index contributed by atoms with van der Waals surface area (Å²) >= 11 is 0. The monoisotopic (exact) mass is 181 g/mol. The minimum atomic E-state index is -0.505. The molecule has 0 radical (unpaired) electrons. The fourth-order valence-corrected chi connectivity index (χ4v) is 1.36. The van der Waals surface area contributed by atoms with E-state index in [9.17, 15) is 9.18 Å². The van der Waals surface area contributed by atoms with Crippen molar-refractivity contribution in [3.63, 3.8) is 0 Å². The number of fused-ring (bicyclic) bond motifs is 1. The number of benzene rings is 1. The predicted octanol–water partition coefficient (Wildman–Crippen LogP) is 1.37. The molecule has 0 bridgehead atoms. The Morgan fingerprint density at radius 3 is 3.00 bits per heavy atom. The van der Waals surface area contributed by atoms with Crippen molar-refractivity contribution >= 4 is 11.5 Å². The first kappa shape index (κ1) is 8.04. The number of nitrogens with two attached hydrogens (primary N) is 1. The number of ether oxygens (including phenoxy) is 1. The van der Waals surface area contributed by atoms with Crippen LogP contribution in [0.15, 0.2) is 12.1 Å². The Balaban J connectivity index is 2.63. The summed E-state index contributed by atoms with van der Waals surface area (Å²) in [6, 6.07) is 2.31. The van der Waals surface area contributed by atoms with E-state index < -0.39 is 5.82 Å². The summed E-state index contributed by atoms with van der Waals surface area (Å²) in [7, 11) is 0. The lowest BCUT2D eigenvalue weighted by Gasteiger charge is -2.17. The van der Waals surface area contributed by atoms with Crippen LogP contribution in [0.4, 0.5) is 10.1 Å². The molecule has 68 valence electrons. The molecule has 1 aliphatic rings. The van der Waals surface area contributed by atoms with E-state index in [1.54, 1.807) is 0 Å². The molecule has 0 atom stereocenters. The summed E-state index contributed by atoms with van der Waals surface area (Å²) in [5, 5.41) is 0. The maximum absolute atomic E-state index is 12.8. The normalized spacial score (nSPS) is 15.0. The lowest BCUT2D eigenvalue weighted by Crippen LogP contribution is -2.16. The average molecular weight is 181 g/mol. The fourth-order valence-electron chi connectivity index (χ4n) is 1.36. The van der Waals surface area contributed by atoms with Gasteiger partial charge in [0.15, 0.2) is 11.5 Å². The first-order valence-corrected chi connectivity index (χ1v) is 3.93. The van der Waals surface area contributed by atoms with Gasteiger partial charge in [-0.3, -0.25) is 4.79 Å². The summed E-state index contributed by atoms with van der Waals surface area (Å²) < 4.78 is 18.0. The van der Waals surface area contributed by atoms with E-state index in [0.29, 0.717) is 12.4 Å². The zero-order valence-corrected chi connectivity index (χ0v) is 6.84. The topological polar surface area (TPSA) is 52.3 Å². The first-order chi connectivity index (χ1) is 6.18. The minimum Gasteiger partial charge on any atom is -0.490 e. The highest BCUT2D eigenvalue weighted by atomic mass is 19.1. The lowest BCUT2D eigenvalue weighted by molar-refractivity contribution is 0.0933. The Hall–Kier alpha value is -1.58. The van der Waals surface area contributed by atoms with E-state index in [1.165, 1.54) is 0 Å². The van der Waals surface area contributed by atoms with E-state index in [2.05, 4.69) is 0 Å².